The standard InChI is InChI=1S/C14H17N5/c15-14-18-12(9-10-5-7-16-8-6-10)17-13(19-14)11-3-1-2-4-11/h5-8,11H,1-4,9H2,(H2,15,17,18,19). The van der Waals surface area contributed by atoms with Crippen LogP contribution in [0.5, 0.6) is 0 Å². The third-order valence-corrected chi connectivity index (χ3v) is 3.55. The quantitative estimate of drug-likeness (QED) is 0.908. The predicted octanol–water partition coefficient (Wildman–Crippen LogP) is 2.10. The van der Waals surface area contributed by atoms with E-state index in [-0.39, 0.29) is 0 Å². The van der Waals surface area contributed by atoms with Gasteiger partial charge >= 0.3 is 0 Å². The number of rotatable bonds is 3. The van der Waals surface area contributed by atoms with Crippen molar-refractivity contribution in [2.75, 3.05) is 5.73 Å². The Kier molecular flexibility index (Phi) is 3.35. The molecule has 0 radical (unpaired) electrons. The highest BCUT2D eigenvalue weighted by Crippen LogP contribution is 2.32. The summed E-state index contributed by atoms with van der Waals surface area (Å²) in [5, 5.41) is 0. The normalized spacial score (nSPS) is 15.8. The van der Waals surface area contributed by atoms with E-state index in [1.165, 1.54) is 12.8 Å². The van der Waals surface area contributed by atoms with Crippen LogP contribution in [0.1, 0.15) is 48.8 Å². The first kappa shape index (κ1) is 12.0. The van der Waals surface area contributed by atoms with E-state index in [4.69, 9.17) is 5.73 Å². The van der Waals surface area contributed by atoms with Crippen LogP contribution < -0.4 is 5.73 Å². The molecule has 0 saturated heterocycles. The average molecular weight is 255 g/mol. The van der Waals surface area contributed by atoms with Gasteiger partial charge in [-0.1, -0.05) is 12.8 Å². The van der Waals surface area contributed by atoms with Gasteiger partial charge in [-0.15, -0.1) is 0 Å². The lowest BCUT2D eigenvalue weighted by molar-refractivity contribution is 0.654. The van der Waals surface area contributed by atoms with Gasteiger partial charge in [-0.3, -0.25) is 4.98 Å². The van der Waals surface area contributed by atoms with E-state index in [0.717, 1.165) is 30.1 Å². The second-order valence-electron chi connectivity index (χ2n) is 4.98. The molecule has 1 aliphatic carbocycles. The summed E-state index contributed by atoms with van der Waals surface area (Å²) in [6.45, 7) is 0. The lowest BCUT2D eigenvalue weighted by atomic mass is 10.1. The van der Waals surface area contributed by atoms with Crippen molar-refractivity contribution in [3.63, 3.8) is 0 Å². The molecule has 1 aliphatic rings. The van der Waals surface area contributed by atoms with E-state index in [2.05, 4.69) is 19.9 Å². The van der Waals surface area contributed by atoms with Crippen molar-refractivity contribution in [3.05, 3.63) is 41.7 Å². The Morgan fingerprint density at radius 3 is 2.53 bits per heavy atom. The lowest BCUT2D eigenvalue weighted by Gasteiger charge is -2.09. The maximum absolute atomic E-state index is 5.81. The largest absolute Gasteiger partial charge is 0.368 e. The number of hydrogen-bond donors (Lipinski definition) is 1. The number of nitrogens with zero attached hydrogens (tertiary/aromatic N) is 4. The first-order valence-corrected chi connectivity index (χ1v) is 6.70. The second-order valence-corrected chi connectivity index (χ2v) is 4.98. The highest BCUT2D eigenvalue weighted by atomic mass is 15.1. The molecular weight excluding hydrogens is 238 g/mol. The molecule has 0 aromatic carbocycles. The van der Waals surface area contributed by atoms with Gasteiger partial charge in [0.2, 0.25) is 5.95 Å². The molecule has 3 rings (SSSR count). The molecule has 5 heteroatoms. The van der Waals surface area contributed by atoms with Crippen LogP contribution in [0.3, 0.4) is 0 Å². The minimum Gasteiger partial charge on any atom is -0.368 e. The van der Waals surface area contributed by atoms with Crippen LogP contribution in [0, 0.1) is 0 Å². The zero-order valence-electron chi connectivity index (χ0n) is 10.8. The number of anilines is 1. The lowest BCUT2D eigenvalue weighted by Crippen LogP contribution is -2.10. The molecule has 1 fully saturated rings. The van der Waals surface area contributed by atoms with E-state index in [1.54, 1.807) is 12.4 Å². The van der Waals surface area contributed by atoms with Gasteiger partial charge in [-0.05, 0) is 30.5 Å². The molecule has 98 valence electrons. The van der Waals surface area contributed by atoms with Crippen LogP contribution in [0.4, 0.5) is 5.95 Å². The Morgan fingerprint density at radius 2 is 1.79 bits per heavy atom. The van der Waals surface area contributed by atoms with E-state index < -0.39 is 0 Å². The van der Waals surface area contributed by atoms with Gasteiger partial charge in [-0.2, -0.15) is 9.97 Å². The summed E-state index contributed by atoms with van der Waals surface area (Å²) >= 11 is 0. The Morgan fingerprint density at radius 1 is 1.05 bits per heavy atom. The van der Waals surface area contributed by atoms with Crippen LogP contribution in [0.2, 0.25) is 0 Å². The molecule has 2 aromatic rings. The Bertz CT molecular complexity index is 549. The Hall–Kier alpha value is -2.04. The fraction of sp³-hybridized carbons (Fsp3) is 0.429. The van der Waals surface area contributed by atoms with Crippen molar-refractivity contribution in [2.24, 2.45) is 0 Å². The van der Waals surface area contributed by atoms with Crippen molar-refractivity contribution in [1.82, 2.24) is 19.9 Å². The van der Waals surface area contributed by atoms with Crippen LogP contribution in [-0.2, 0) is 6.42 Å². The average Bonchev–Trinajstić information content (AvgIpc) is 2.93. The van der Waals surface area contributed by atoms with Gasteiger partial charge in [0.05, 0.1) is 0 Å². The summed E-state index contributed by atoms with van der Waals surface area (Å²) in [4.78, 5) is 17.1. The molecule has 2 heterocycles. The summed E-state index contributed by atoms with van der Waals surface area (Å²) in [5.41, 5.74) is 6.94. The topological polar surface area (TPSA) is 77.6 Å². The molecule has 5 nitrogen and oxygen atoms in total. The Labute approximate surface area is 112 Å². The van der Waals surface area contributed by atoms with Gasteiger partial charge in [0.15, 0.2) is 0 Å². The molecule has 0 amide bonds. The van der Waals surface area contributed by atoms with Crippen molar-refractivity contribution in [2.45, 2.75) is 38.0 Å². The molecular formula is C14H17N5. The molecule has 0 spiro atoms. The monoisotopic (exact) mass is 255 g/mol. The fourth-order valence-corrected chi connectivity index (χ4v) is 2.59. The molecule has 0 atom stereocenters. The number of pyridine rings is 1. The molecule has 19 heavy (non-hydrogen) atoms. The third kappa shape index (κ3) is 2.86. The molecule has 2 N–H and O–H groups in total. The summed E-state index contributed by atoms with van der Waals surface area (Å²) in [5.74, 6) is 2.41. The zero-order chi connectivity index (χ0) is 13.1. The molecule has 2 aromatic heterocycles. The van der Waals surface area contributed by atoms with Crippen LogP contribution in [0.25, 0.3) is 0 Å². The van der Waals surface area contributed by atoms with E-state index in [9.17, 15) is 0 Å². The van der Waals surface area contributed by atoms with Gasteiger partial charge in [0.1, 0.15) is 11.6 Å². The number of hydrogen-bond acceptors (Lipinski definition) is 5. The van der Waals surface area contributed by atoms with Gasteiger partial charge in [0.25, 0.3) is 0 Å². The minimum absolute atomic E-state index is 0.334. The van der Waals surface area contributed by atoms with E-state index in [1.807, 2.05) is 12.1 Å². The molecule has 1 saturated carbocycles. The smallest absolute Gasteiger partial charge is 0.223 e. The number of nitrogen functional groups attached to an aromatic ring is 1. The van der Waals surface area contributed by atoms with Crippen LogP contribution in [0.15, 0.2) is 24.5 Å². The van der Waals surface area contributed by atoms with Crippen molar-refractivity contribution < 1.29 is 0 Å². The van der Waals surface area contributed by atoms with Crippen molar-refractivity contribution >= 4 is 5.95 Å². The van der Waals surface area contributed by atoms with Gasteiger partial charge in [-0.25, -0.2) is 4.98 Å². The minimum atomic E-state index is 0.334. The zero-order valence-corrected chi connectivity index (χ0v) is 10.8. The molecule has 0 bridgehead atoms. The van der Waals surface area contributed by atoms with E-state index >= 15 is 0 Å². The summed E-state index contributed by atoms with van der Waals surface area (Å²) in [6, 6.07) is 3.93. The first-order valence-electron chi connectivity index (χ1n) is 6.70. The Balaban J connectivity index is 1.85. The summed E-state index contributed by atoms with van der Waals surface area (Å²) in [6.07, 6.45) is 9.08. The highest BCUT2D eigenvalue weighted by Gasteiger charge is 2.21. The highest BCUT2D eigenvalue weighted by molar-refractivity contribution is 5.22. The van der Waals surface area contributed by atoms with Crippen molar-refractivity contribution in [3.8, 4) is 0 Å². The van der Waals surface area contributed by atoms with Gasteiger partial charge in [0, 0.05) is 24.7 Å². The number of nitrogens with two attached hydrogens (primary N) is 1. The van der Waals surface area contributed by atoms with E-state index in [0.29, 0.717) is 18.3 Å². The third-order valence-electron chi connectivity index (χ3n) is 3.55. The summed E-state index contributed by atoms with van der Waals surface area (Å²) in [7, 11) is 0. The predicted molar refractivity (Wildman–Crippen MR) is 72.5 cm³/mol. The van der Waals surface area contributed by atoms with Gasteiger partial charge < -0.3 is 5.73 Å². The summed E-state index contributed by atoms with van der Waals surface area (Å²) < 4.78 is 0. The molecule has 0 aliphatic heterocycles. The molecule has 0 unspecified atom stereocenters. The van der Waals surface area contributed by atoms with Crippen LogP contribution >= 0.6 is 0 Å². The maximum atomic E-state index is 5.81. The first-order chi connectivity index (χ1) is 9.31. The second kappa shape index (κ2) is 5.30. The SMILES string of the molecule is Nc1nc(Cc2ccncc2)nc(C2CCCC2)n1. The van der Waals surface area contributed by atoms with Crippen molar-refractivity contribution in [1.29, 1.82) is 0 Å². The number of aromatic nitrogens is 4. The maximum Gasteiger partial charge on any atom is 0.223 e. The fourth-order valence-electron chi connectivity index (χ4n) is 2.59. The van der Waals surface area contributed by atoms with Crippen LogP contribution in [-0.4, -0.2) is 19.9 Å².